The molecule has 2 saturated heterocycles. The first-order valence-corrected chi connectivity index (χ1v) is 9.82. The summed E-state index contributed by atoms with van der Waals surface area (Å²) < 4.78 is 5.63. The van der Waals surface area contributed by atoms with Crippen LogP contribution in [0.15, 0.2) is 24.3 Å². The molecule has 5 nitrogen and oxygen atoms in total. The highest BCUT2D eigenvalue weighted by atomic mass is 16.5. The topological polar surface area (TPSA) is 36.0 Å². The summed E-state index contributed by atoms with van der Waals surface area (Å²) in [5.74, 6) is 0.139. The number of hydrogen-bond donors (Lipinski definition) is 0. The van der Waals surface area contributed by atoms with Gasteiger partial charge in [0.2, 0.25) is 0 Å². The number of piperidine rings is 1. The Balaban J connectivity index is 1.45. The predicted octanol–water partition coefficient (Wildman–Crippen LogP) is 2.50. The Morgan fingerprint density at radius 3 is 2.52 bits per heavy atom. The van der Waals surface area contributed by atoms with E-state index in [9.17, 15) is 4.79 Å². The fraction of sp³-hybridized carbons (Fsp3) is 0.650. The molecule has 4 rings (SSSR count). The Hall–Kier alpha value is -1.59. The highest BCUT2D eigenvalue weighted by Gasteiger charge is 2.33. The number of amides is 1. The maximum Gasteiger partial charge on any atom is 0.256 e. The van der Waals surface area contributed by atoms with Crippen molar-refractivity contribution >= 4 is 17.3 Å². The number of fused-ring (bicyclic) bond motifs is 1. The lowest BCUT2D eigenvalue weighted by atomic mass is 10.1. The second-order valence-electron chi connectivity index (χ2n) is 7.37. The largest absolute Gasteiger partial charge is 0.368 e. The minimum atomic E-state index is -0.243. The van der Waals surface area contributed by atoms with Gasteiger partial charge in [0.25, 0.3) is 5.91 Å². The van der Waals surface area contributed by atoms with E-state index in [1.165, 1.54) is 38.0 Å². The average molecular weight is 343 g/mol. The molecule has 3 heterocycles. The molecular formula is C20H29N3O2. The third kappa shape index (κ3) is 3.67. The Bertz CT molecular complexity index is 594. The van der Waals surface area contributed by atoms with E-state index < -0.39 is 0 Å². The predicted molar refractivity (Wildman–Crippen MR) is 100 cm³/mol. The minimum Gasteiger partial charge on any atom is -0.368 e. The first kappa shape index (κ1) is 16.9. The molecule has 1 amide bonds. The Morgan fingerprint density at radius 2 is 1.76 bits per heavy atom. The highest BCUT2D eigenvalue weighted by Crippen LogP contribution is 2.34. The molecule has 0 N–H and O–H groups in total. The van der Waals surface area contributed by atoms with Crippen molar-refractivity contribution in [2.45, 2.75) is 38.2 Å². The standard InChI is InChI=1S/C20H29N3O2/c24-20(19-9-6-16-25-19)23-15-14-22(17-7-2-3-8-18(17)23)13-12-21-10-4-1-5-11-21/h2-3,7-8,19H,1,4-6,9-16H2. The third-order valence-electron chi connectivity index (χ3n) is 5.71. The fourth-order valence-corrected chi connectivity index (χ4v) is 4.27. The van der Waals surface area contributed by atoms with E-state index in [1.54, 1.807) is 0 Å². The van der Waals surface area contributed by atoms with Gasteiger partial charge in [-0.05, 0) is 50.9 Å². The zero-order valence-electron chi connectivity index (χ0n) is 15.0. The molecule has 0 saturated carbocycles. The lowest BCUT2D eigenvalue weighted by Gasteiger charge is -2.39. The summed E-state index contributed by atoms with van der Waals surface area (Å²) in [7, 11) is 0. The molecule has 1 unspecified atom stereocenters. The summed E-state index contributed by atoms with van der Waals surface area (Å²) in [5, 5.41) is 0. The van der Waals surface area contributed by atoms with Crippen LogP contribution in [0.1, 0.15) is 32.1 Å². The van der Waals surface area contributed by atoms with Gasteiger partial charge >= 0.3 is 0 Å². The average Bonchev–Trinajstić information content (AvgIpc) is 3.21. The summed E-state index contributed by atoms with van der Waals surface area (Å²) in [4.78, 5) is 19.8. The number of nitrogens with zero attached hydrogens (tertiary/aromatic N) is 3. The van der Waals surface area contributed by atoms with Crippen LogP contribution in [0, 0.1) is 0 Å². The molecule has 0 spiro atoms. The van der Waals surface area contributed by atoms with E-state index in [0.717, 1.165) is 44.7 Å². The molecule has 3 aliphatic rings. The quantitative estimate of drug-likeness (QED) is 0.842. The van der Waals surface area contributed by atoms with Crippen molar-refractivity contribution in [3.63, 3.8) is 0 Å². The zero-order valence-corrected chi connectivity index (χ0v) is 15.0. The van der Waals surface area contributed by atoms with Crippen LogP contribution >= 0.6 is 0 Å². The van der Waals surface area contributed by atoms with Gasteiger partial charge in [0.05, 0.1) is 11.4 Å². The van der Waals surface area contributed by atoms with Crippen molar-refractivity contribution in [1.82, 2.24) is 4.90 Å². The van der Waals surface area contributed by atoms with Gasteiger partial charge in [0.1, 0.15) is 6.10 Å². The van der Waals surface area contributed by atoms with E-state index in [4.69, 9.17) is 4.74 Å². The van der Waals surface area contributed by atoms with Gasteiger partial charge in [-0.25, -0.2) is 0 Å². The number of carbonyl (C=O) groups excluding carboxylic acids is 1. The fourth-order valence-electron chi connectivity index (χ4n) is 4.27. The maximum absolute atomic E-state index is 12.8. The van der Waals surface area contributed by atoms with Crippen molar-refractivity contribution < 1.29 is 9.53 Å². The molecule has 1 aromatic rings. The number of benzene rings is 1. The Labute approximate surface area is 150 Å². The van der Waals surface area contributed by atoms with E-state index in [-0.39, 0.29) is 12.0 Å². The molecule has 0 aliphatic carbocycles. The third-order valence-corrected chi connectivity index (χ3v) is 5.71. The Morgan fingerprint density at radius 1 is 0.960 bits per heavy atom. The summed E-state index contributed by atoms with van der Waals surface area (Å²) in [6.07, 6.45) is 5.65. The Kier molecular flexibility index (Phi) is 5.22. The van der Waals surface area contributed by atoms with Crippen LogP contribution in [0.5, 0.6) is 0 Å². The number of para-hydroxylation sites is 2. The van der Waals surface area contributed by atoms with Crippen molar-refractivity contribution in [3.05, 3.63) is 24.3 Å². The number of anilines is 2. The first-order valence-electron chi connectivity index (χ1n) is 9.82. The molecule has 5 heteroatoms. The number of likely N-dealkylation sites (tertiary alicyclic amines) is 1. The van der Waals surface area contributed by atoms with Crippen LogP contribution in [0.2, 0.25) is 0 Å². The second kappa shape index (κ2) is 7.75. The van der Waals surface area contributed by atoms with E-state index >= 15 is 0 Å². The molecule has 0 aromatic heterocycles. The number of rotatable bonds is 4. The van der Waals surface area contributed by atoms with Gasteiger partial charge in [0, 0.05) is 32.8 Å². The van der Waals surface area contributed by atoms with Gasteiger partial charge in [-0.2, -0.15) is 0 Å². The van der Waals surface area contributed by atoms with Crippen LogP contribution in [0.4, 0.5) is 11.4 Å². The SMILES string of the molecule is O=C(C1CCCO1)N1CCN(CCN2CCCCC2)c2ccccc21. The maximum atomic E-state index is 12.8. The lowest BCUT2D eigenvalue weighted by Crippen LogP contribution is -2.49. The van der Waals surface area contributed by atoms with Gasteiger partial charge < -0.3 is 19.4 Å². The highest BCUT2D eigenvalue weighted by molar-refractivity contribution is 6.00. The molecule has 1 atom stereocenters. The van der Waals surface area contributed by atoms with Crippen molar-refractivity contribution in [2.75, 3.05) is 55.7 Å². The van der Waals surface area contributed by atoms with Crippen LogP contribution in [-0.4, -0.2) is 62.8 Å². The smallest absolute Gasteiger partial charge is 0.256 e. The van der Waals surface area contributed by atoms with Gasteiger partial charge in [-0.15, -0.1) is 0 Å². The minimum absolute atomic E-state index is 0.139. The van der Waals surface area contributed by atoms with Crippen LogP contribution < -0.4 is 9.80 Å². The van der Waals surface area contributed by atoms with E-state index in [2.05, 4.69) is 28.0 Å². The lowest BCUT2D eigenvalue weighted by molar-refractivity contribution is -0.127. The molecular weight excluding hydrogens is 314 g/mol. The summed E-state index contributed by atoms with van der Waals surface area (Å²) in [6, 6.07) is 8.34. The van der Waals surface area contributed by atoms with Crippen LogP contribution in [0.3, 0.4) is 0 Å². The summed E-state index contributed by atoms with van der Waals surface area (Å²) in [5.41, 5.74) is 2.24. The number of ether oxygens (including phenoxy) is 1. The number of carbonyl (C=O) groups is 1. The van der Waals surface area contributed by atoms with Gasteiger partial charge in [-0.1, -0.05) is 18.6 Å². The molecule has 1 aromatic carbocycles. The molecule has 3 aliphatic heterocycles. The van der Waals surface area contributed by atoms with Crippen molar-refractivity contribution in [1.29, 1.82) is 0 Å². The molecule has 0 bridgehead atoms. The van der Waals surface area contributed by atoms with E-state index in [0.29, 0.717) is 6.61 Å². The van der Waals surface area contributed by atoms with Crippen molar-refractivity contribution in [2.24, 2.45) is 0 Å². The van der Waals surface area contributed by atoms with Crippen LogP contribution in [0.25, 0.3) is 0 Å². The summed E-state index contributed by atoms with van der Waals surface area (Å²) in [6.45, 7) is 7.01. The van der Waals surface area contributed by atoms with Crippen molar-refractivity contribution in [3.8, 4) is 0 Å². The number of hydrogen-bond acceptors (Lipinski definition) is 4. The molecule has 2 fully saturated rings. The molecule has 136 valence electrons. The molecule has 0 radical (unpaired) electrons. The first-order chi connectivity index (χ1) is 12.3. The summed E-state index contributed by atoms with van der Waals surface area (Å²) >= 11 is 0. The second-order valence-corrected chi connectivity index (χ2v) is 7.37. The van der Waals surface area contributed by atoms with Crippen LogP contribution in [-0.2, 0) is 9.53 Å². The normalized spacial score (nSPS) is 24.4. The zero-order chi connectivity index (χ0) is 17.1. The van der Waals surface area contributed by atoms with E-state index in [1.807, 2.05) is 11.0 Å². The van der Waals surface area contributed by atoms with Gasteiger partial charge in [0.15, 0.2) is 0 Å². The van der Waals surface area contributed by atoms with Gasteiger partial charge in [-0.3, -0.25) is 4.79 Å². The molecule has 25 heavy (non-hydrogen) atoms. The monoisotopic (exact) mass is 343 g/mol.